The third-order valence-corrected chi connectivity index (χ3v) is 4.95. The van der Waals surface area contributed by atoms with Gasteiger partial charge in [-0.15, -0.1) is 0 Å². The van der Waals surface area contributed by atoms with Crippen molar-refractivity contribution in [1.29, 1.82) is 0 Å². The van der Waals surface area contributed by atoms with Crippen LogP contribution in [0.2, 0.25) is 0 Å². The third-order valence-electron chi connectivity index (χ3n) is 3.02. The van der Waals surface area contributed by atoms with Gasteiger partial charge < -0.3 is 0 Å². The molecule has 2 saturated heterocycles. The zero-order valence-corrected chi connectivity index (χ0v) is 9.87. The molecule has 2 aliphatic rings. The minimum Gasteiger partial charge on any atom is -0.283 e. The van der Waals surface area contributed by atoms with E-state index in [-0.39, 0.29) is 6.04 Å². The van der Waals surface area contributed by atoms with Crippen LogP contribution in [0.3, 0.4) is 0 Å². The van der Waals surface area contributed by atoms with Crippen LogP contribution in [-0.2, 0) is 15.0 Å². The summed E-state index contributed by atoms with van der Waals surface area (Å²) in [6, 6.07) is 0.105. The van der Waals surface area contributed by atoms with Gasteiger partial charge in [0, 0.05) is 19.1 Å². The second-order valence-electron chi connectivity index (χ2n) is 4.18. The Morgan fingerprint density at radius 1 is 1.20 bits per heavy atom. The van der Waals surface area contributed by atoms with E-state index in [0.29, 0.717) is 19.7 Å². The van der Waals surface area contributed by atoms with Gasteiger partial charge in [-0.05, 0) is 26.2 Å². The summed E-state index contributed by atoms with van der Waals surface area (Å²) in [6.45, 7) is 3.60. The van der Waals surface area contributed by atoms with Gasteiger partial charge in [-0.3, -0.25) is 4.84 Å². The van der Waals surface area contributed by atoms with Gasteiger partial charge >= 0.3 is 10.2 Å². The molecule has 0 bridgehead atoms. The molecule has 6 heteroatoms. The quantitative estimate of drug-likeness (QED) is 0.708. The normalized spacial score (nSPS) is 30.9. The summed E-state index contributed by atoms with van der Waals surface area (Å²) in [7, 11) is -3.37. The van der Waals surface area contributed by atoms with E-state index in [1.165, 1.54) is 0 Å². The van der Waals surface area contributed by atoms with Gasteiger partial charge in [-0.1, -0.05) is 10.9 Å². The number of hydroxylamine groups is 1. The first-order valence-corrected chi connectivity index (χ1v) is 6.94. The zero-order chi connectivity index (χ0) is 10.9. The summed E-state index contributed by atoms with van der Waals surface area (Å²) >= 11 is 0. The van der Waals surface area contributed by atoms with Crippen LogP contribution >= 0.6 is 0 Å². The second kappa shape index (κ2) is 4.37. The predicted molar refractivity (Wildman–Crippen MR) is 56.2 cm³/mol. The molecule has 0 saturated carbocycles. The summed E-state index contributed by atoms with van der Waals surface area (Å²) in [5.41, 5.74) is 0. The molecule has 1 unspecified atom stereocenters. The predicted octanol–water partition coefficient (Wildman–Crippen LogP) is 0.743. The smallest absolute Gasteiger partial charge is 0.283 e. The number of hydrogen-bond acceptors (Lipinski definition) is 3. The van der Waals surface area contributed by atoms with E-state index >= 15 is 0 Å². The number of nitrogens with zero attached hydrogens (tertiary/aromatic N) is 2. The van der Waals surface area contributed by atoms with Crippen LogP contribution in [0.25, 0.3) is 0 Å². The Hall–Kier alpha value is -0.170. The maximum absolute atomic E-state index is 12.1. The summed E-state index contributed by atoms with van der Waals surface area (Å²) in [6.07, 6.45) is 3.82. The molecular formula is C9H18N2O3S. The first-order chi connectivity index (χ1) is 7.12. The first kappa shape index (κ1) is 11.3. The largest absolute Gasteiger partial charge is 0.304 e. The Bertz CT molecular complexity index is 311. The summed E-state index contributed by atoms with van der Waals surface area (Å²) in [5.74, 6) is 0. The van der Waals surface area contributed by atoms with Crippen molar-refractivity contribution in [2.24, 2.45) is 0 Å². The number of rotatable bonds is 2. The van der Waals surface area contributed by atoms with Gasteiger partial charge in [0.2, 0.25) is 0 Å². The number of hydrogen-bond donors (Lipinski definition) is 0. The molecule has 0 spiro atoms. The molecule has 2 fully saturated rings. The SMILES string of the molecule is CC1CCCCN1S(=O)(=O)N1CCCO1. The highest BCUT2D eigenvalue weighted by Gasteiger charge is 2.36. The second-order valence-corrected chi connectivity index (χ2v) is 5.95. The first-order valence-electron chi connectivity index (χ1n) is 5.55. The van der Waals surface area contributed by atoms with Crippen molar-refractivity contribution in [3.05, 3.63) is 0 Å². The van der Waals surface area contributed by atoms with Crippen molar-refractivity contribution in [2.75, 3.05) is 19.7 Å². The molecule has 0 aliphatic carbocycles. The fourth-order valence-electron chi connectivity index (χ4n) is 2.14. The van der Waals surface area contributed by atoms with Gasteiger partial charge in [0.1, 0.15) is 0 Å². The molecule has 2 aliphatic heterocycles. The van der Waals surface area contributed by atoms with E-state index in [0.717, 1.165) is 30.2 Å². The van der Waals surface area contributed by atoms with Crippen LogP contribution in [0.4, 0.5) is 0 Å². The molecule has 0 radical (unpaired) electrons. The van der Waals surface area contributed by atoms with Gasteiger partial charge in [0.15, 0.2) is 0 Å². The fourth-order valence-corrected chi connectivity index (χ4v) is 3.86. The summed E-state index contributed by atoms with van der Waals surface area (Å²) in [4.78, 5) is 5.12. The lowest BCUT2D eigenvalue weighted by atomic mass is 10.1. The van der Waals surface area contributed by atoms with Gasteiger partial charge in [-0.2, -0.15) is 12.7 Å². The van der Waals surface area contributed by atoms with E-state index < -0.39 is 10.2 Å². The Morgan fingerprint density at radius 2 is 2.00 bits per heavy atom. The summed E-state index contributed by atoms with van der Waals surface area (Å²) < 4.78 is 27.0. The van der Waals surface area contributed by atoms with E-state index in [1.807, 2.05) is 6.92 Å². The van der Waals surface area contributed by atoms with Crippen LogP contribution in [-0.4, -0.2) is 42.9 Å². The highest BCUT2D eigenvalue weighted by atomic mass is 32.2. The van der Waals surface area contributed by atoms with E-state index in [9.17, 15) is 8.42 Å². The molecule has 5 nitrogen and oxygen atoms in total. The average Bonchev–Trinajstić information content (AvgIpc) is 2.71. The summed E-state index contributed by atoms with van der Waals surface area (Å²) in [5, 5.41) is 0. The van der Waals surface area contributed by atoms with Crippen molar-refractivity contribution in [3.63, 3.8) is 0 Å². The van der Waals surface area contributed by atoms with Crippen LogP contribution in [0.1, 0.15) is 32.6 Å². The van der Waals surface area contributed by atoms with Crippen LogP contribution in [0.5, 0.6) is 0 Å². The standard InChI is InChI=1S/C9H18N2O3S/c1-9-5-2-3-6-10(9)15(12,13)11-7-4-8-14-11/h9H,2-8H2,1H3. The topological polar surface area (TPSA) is 49.9 Å². The molecule has 15 heavy (non-hydrogen) atoms. The Labute approximate surface area is 91.1 Å². The lowest BCUT2D eigenvalue weighted by Gasteiger charge is -2.34. The zero-order valence-electron chi connectivity index (χ0n) is 9.05. The van der Waals surface area contributed by atoms with Gasteiger partial charge in [0.05, 0.1) is 6.61 Å². The van der Waals surface area contributed by atoms with E-state index in [2.05, 4.69) is 0 Å². The molecule has 2 rings (SSSR count). The van der Waals surface area contributed by atoms with Crippen molar-refractivity contribution >= 4 is 10.2 Å². The van der Waals surface area contributed by atoms with Crippen molar-refractivity contribution in [3.8, 4) is 0 Å². The molecule has 2 heterocycles. The minimum absolute atomic E-state index is 0.105. The molecule has 0 N–H and O–H groups in total. The van der Waals surface area contributed by atoms with Crippen molar-refractivity contribution in [1.82, 2.24) is 8.77 Å². The molecule has 0 aromatic carbocycles. The van der Waals surface area contributed by atoms with Gasteiger partial charge in [-0.25, -0.2) is 0 Å². The molecule has 88 valence electrons. The van der Waals surface area contributed by atoms with E-state index in [4.69, 9.17) is 4.84 Å². The maximum Gasteiger partial charge on any atom is 0.304 e. The van der Waals surface area contributed by atoms with E-state index in [1.54, 1.807) is 4.31 Å². The molecule has 0 aromatic rings. The monoisotopic (exact) mass is 234 g/mol. The number of piperidine rings is 1. The van der Waals surface area contributed by atoms with Gasteiger partial charge in [0.25, 0.3) is 0 Å². The lowest BCUT2D eigenvalue weighted by Crippen LogP contribution is -2.48. The highest BCUT2D eigenvalue weighted by molar-refractivity contribution is 7.86. The average molecular weight is 234 g/mol. The Kier molecular flexibility index (Phi) is 3.30. The van der Waals surface area contributed by atoms with Crippen LogP contribution in [0, 0.1) is 0 Å². The molecule has 0 aromatic heterocycles. The molecule has 1 atom stereocenters. The Balaban J connectivity index is 2.12. The van der Waals surface area contributed by atoms with Crippen LogP contribution < -0.4 is 0 Å². The fraction of sp³-hybridized carbons (Fsp3) is 1.00. The highest BCUT2D eigenvalue weighted by Crippen LogP contribution is 2.23. The van der Waals surface area contributed by atoms with Crippen molar-refractivity contribution < 1.29 is 13.3 Å². The Morgan fingerprint density at radius 3 is 2.60 bits per heavy atom. The maximum atomic E-state index is 12.1. The third kappa shape index (κ3) is 2.18. The van der Waals surface area contributed by atoms with Crippen molar-refractivity contribution in [2.45, 2.75) is 38.6 Å². The minimum atomic E-state index is -3.37. The lowest BCUT2D eigenvalue weighted by molar-refractivity contribution is -0.0359. The molecule has 0 amide bonds. The molecular weight excluding hydrogens is 216 g/mol. The van der Waals surface area contributed by atoms with Crippen LogP contribution in [0.15, 0.2) is 0 Å².